The van der Waals surface area contributed by atoms with E-state index in [4.69, 9.17) is 25.8 Å². The first-order chi connectivity index (χ1) is 11.5. The van der Waals surface area contributed by atoms with Crippen molar-refractivity contribution in [1.29, 1.82) is 0 Å². The SMILES string of the molecule is COc1ccc(C(=O)OCC(=O)Nc2ccc(Cl)cn2)c(OC)c1. The van der Waals surface area contributed by atoms with Crippen molar-refractivity contribution in [2.75, 3.05) is 26.1 Å². The molecule has 0 saturated heterocycles. The standard InChI is InChI=1S/C16H15ClN2O5/c1-22-11-4-5-12(13(7-11)23-2)16(21)24-9-15(20)19-14-6-3-10(17)8-18-14/h3-8H,9H2,1-2H3,(H,18,19,20). The molecule has 2 rings (SSSR count). The van der Waals surface area contributed by atoms with E-state index in [0.717, 1.165) is 0 Å². The summed E-state index contributed by atoms with van der Waals surface area (Å²) in [5, 5.41) is 2.94. The van der Waals surface area contributed by atoms with Gasteiger partial charge in [-0.05, 0) is 24.3 Å². The third-order valence-electron chi connectivity index (χ3n) is 2.96. The number of benzene rings is 1. The van der Waals surface area contributed by atoms with Crippen LogP contribution in [0.15, 0.2) is 36.5 Å². The highest BCUT2D eigenvalue weighted by Crippen LogP contribution is 2.25. The Hall–Kier alpha value is -2.80. The summed E-state index contributed by atoms with van der Waals surface area (Å²) in [6.45, 7) is -0.460. The van der Waals surface area contributed by atoms with Crippen LogP contribution in [0.1, 0.15) is 10.4 Å². The van der Waals surface area contributed by atoms with Crippen molar-refractivity contribution in [3.05, 3.63) is 47.1 Å². The molecule has 1 N–H and O–H groups in total. The quantitative estimate of drug-likeness (QED) is 0.806. The Morgan fingerprint density at radius 1 is 1.17 bits per heavy atom. The fraction of sp³-hybridized carbons (Fsp3) is 0.188. The molecule has 24 heavy (non-hydrogen) atoms. The number of hydrogen-bond acceptors (Lipinski definition) is 6. The van der Waals surface area contributed by atoms with E-state index < -0.39 is 18.5 Å². The zero-order chi connectivity index (χ0) is 17.5. The van der Waals surface area contributed by atoms with Crippen molar-refractivity contribution in [2.45, 2.75) is 0 Å². The third kappa shape index (κ3) is 4.60. The van der Waals surface area contributed by atoms with Crippen LogP contribution in [-0.4, -0.2) is 37.7 Å². The summed E-state index contributed by atoms with van der Waals surface area (Å²) in [6, 6.07) is 7.76. The summed E-state index contributed by atoms with van der Waals surface area (Å²) in [5.74, 6) is -0.0732. The Kier molecular flexibility index (Phi) is 5.97. The van der Waals surface area contributed by atoms with Gasteiger partial charge in [0.15, 0.2) is 6.61 Å². The molecule has 1 aromatic carbocycles. The second kappa shape index (κ2) is 8.16. The second-order valence-corrected chi connectivity index (χ2v) is 4.99. The maximum atomic E-state index is 12.1. The predicted molar refractivity (Wildman–Crippen MR) is 87.7 cm³/mol. The summed E-state index contributed by atoms with van der Waals surface area (Å²) >= 11 is 5.70. The lowest BCUT2D eigenvalue weighted by atomic mass is 10.2. The lowest BCUT2D eigenvalue weighted by Gasteiger charge is -2.10. The van der Waals surface area contributed by atoms with Crippen molar-refractivity contribution < 1.29 is 23.8 Å². The molecule has 0 saturated carbocycles. The summed E-state index contributed by atoms with van der Waals surface area (Å²) in [4.78, 5) is 27.8. The number of nitrogens with zero attached hydrogens (tertiary/aromatic N) is 1. The number of rotatable bonds is 6. The third-order valence-corrected chi connectivity index (χ3v) is 3.18. The normalized spacial score (nSPS) is 9.96. The number of ether oxygens (including phenoxy) is 3. The monoisotopic (exact) mass is 350 g/mol. The topological polar surface area (TPSA) is 86.8 Å². The van der Waals surface area contributed by atoms with Crippen molar-refractivity contribution in [2.24, 2.45) is 0 Å². The molecular weight excluding hydrogens is 336 g/mol. The first-order valence-electron chi connectivity index (χ1n) is 6.84. The Morgan fingerprint density at radius 3 is 2.58 bits per heavy atom. The average Bonchev–Trinajstić information content (AvgIpc) is 2.61. The van der Waals surface area contributed by atoms with Crippen LogP contribution in [0.25, 0.3) is 0 Å². The number of nitrogens with one attached hydrogen (secondary N) is 1. The maximum absolute atomic E-state index is 12.1. The van der Waals surface area contributed by atoms with Crippen molar-refractivity contribution in [1.82, 2.24) is 4.98 Å². The number of amides is 1. The van der Waals surface area contributed by atoms with E-state index >= 15 is 0 Å². The zero-order valence-corrected chi connectivity index (χ0v) is 13.8. The van der Waals surface area contributed by atoms with Crippen molar-refractivity contribution in [3.8, 4) is 11.5 Å². The first kappa shape index (κ1) is 17.6. The van der Waals surface area contributed by atoms with Crippen LogP contribution >= 0.6 is 11.6 Å². The van der Waals surface area contributed by atoms with Crippen LogP contribution in [0.5, 0.6) is 11.5 Å². The average molecular weight is 351 g/mol. The smallest absolute Gasteiger partial charge is 0.342 e. The van der Waals surface area contributed by atoms with E-state index in [0.29, 0.717) is 22.3 Å². The molecule has 1 heterocycles. The largest absolute Gasteiger partial charge is 0.497 e. The van der Waals surface area contributed by atoms with Gasteiger partial charge in [0.25, 0.3) is 5.91 Å². The van der Waals surface area contributed by atoms with Gasteiger partial charge in [0.1, 0.15) is 22.9 Å². The van der Waals surface area contributed by atoms with Gasteiger partial charge in [-0.3, -0.25) is 4.79 Å². The van der Waals surface area contributed by atoms with Gasteiger partial charge in [0, 0.05) is 12.3 Å². The lowest BCUT2D eigenvalue weighted by Crippen LogP contribution is -2.21. The molecule has 1 aromatic heterocycles. The van der Waals surface area contributed by atoms with E-state index in [9.17, 15) is 9.59 Å². The van der Waals surface area contributed by atoms with Crippen LogP contribution in [0.4, 0.5) is 5.82 Å². The van der Waals surface area contributed by atoms with Crippen LogP contribution in [0.3, 0.4) is 0 Å². The van der Waals surface area contributed by atoms with E-state index in [1.54, 1.807) is 18.2 Å². The predicted octanol–water partition coefficient (Wildman–Crippen LogP) is 2.55. The number of aromatic nitrogens is 1. The number of halogens is 1. The molecule has 0 bridgehead atoms. The molecule has 0 aliphatic rings. The first-order valence-corrected chi connectivity index (χ1v) is 7.22. The van der Waals surface area contributed by atoms with Gasteiger partial charge < -0.3 is 19.5 Å². The highest BCUT2D eigenvalue weighted by atomic mass is 35.5. The molecule has 8 heteroatoms. The Balaban J connectivity index is 1.95. The van der Waals surface area contributed by atoms with Gasteiger partial charge in [-0.2, -0.15) is 0 Å². The van der Waals surface area contributed by atoms with Crippen LogP contribution in [-0.2, 0) is 9.53 Å². The van der Waals surface area contributed by atoms with Gasteiger partial charge in [-0.15, -0.1) is 0 Å². The summed E-state index contributed by atoms with van der Waals surface area (Å²) in [5.41, 5.74) is 0.190. The zero-order valence-electron chi connectivity index (χ0n) is 13.0. The van der Waals surface area contributed by atoms with E-state index in [-0.39, 0.29) is 5.56 Å². The van der Waals surface area contributed by atoms with E-state index in [1.165, 1.54) is 32.5 Å². The van der Waals surface area contributed by atoms with Gasteiger partial charge in [-0.1, -0.05) is 11.6 Å². The molecule has 0 fully saturated rings. The number of methoxy groups -OCH3 is 2. The van der Waals surface area contributed by atoms with E-state index in [2.05, 4.69) is 10.3 Å². The van der Waals surface area contributed by atoms with Crippen molar-refractivity contribution in [3.63, 3.8) is 0 Å². The Labute approximate surface area is 143 Å². The minimum absolute atomic E-state index is 0.190. The molecule has 0 aliphatic heterocycles. The van der Waals surface area contributed by atoms with Crippen LogP contribution < -0.4 is 14.8 Å². The fourth-order valence-corrected chi connectivity index (χ4v) is 1.92. The summed E-state index contributed by atoms with van der Waals surface area (Å²) in [7, 11) is 2.92. The van der Waals surface area contributed by atoms with Crippen LogP contribution in [0, 0.1) is 0 Å². The molecule has 2 aromatic rings. The second-order valence-electron chi connectivity index (χ2n) is 4.55. The molecule has 7 nitrogen and oxygen atoms in total. The maximum Gasteiger partial charge on any atom is 0.342 e. The lowest BCUT2D eigenvalue weighted by molar-refractivity contribution is -0.119. The summed E-state index contributed by atoms with van der Waals surface area (Å²) < 4.78 is 15.1. The molecule has 0 aliphatic carbocycles. The number of hydrogen-bond donors (Lipinski definition) is 1. The summed E-state index contributed by atoms with van der Waals surface area (Å²) in [6.07, 6.45) is 1.39. The number of esters is 1. The highest BCUT2D eigenvalue weighted by Gasteiger charge is 2.16. The van der Waals surface area contributed by atoms with Gasteiger partial charge in [0.05, 0.1) is 19.2 Å². The molecule has 0 radical (unpaired) electrons. The molecule has 1 amide bonds. The van der Waals surface area contributed by atoms with Crippen LogP contribution in [0.2, 0.25) is 5.02 Å². The molecular formula is C16H15ClN2O5. The molecule has 126 valence electrons. The molecule has 0 atom stereocenters. The number of carbonyl (C=O) groups is 2. The minimum Gasteiger partial charge on any atom is -0.497 e. The van der Waals surface area contributed by atoms with Gasteiger partial charge >= 0.3 is 5.97 Å². The molecule has 0 unspecified atom stereocenters. The van der Waals surface area contributed by atoms with Gasteiger partial charge in [-0.25, -0.2) is 9.78 Å². The highest BCUT2D eigenvalue weighted by molar-refractivity contribution is 6.30. The fourth-order valence-electron chi connectivity index (χ4n) is 1.80. The Morgan fingerprint density at radius 2 is 1.96 bits per heavy atom. The van der Waals surface area contributed by atoms with E-state index in [1.807, 2.05) is 0 Å². The number of pyridine rings is 1. The van der Waals surface area contributed by atoms with Crippen molar-refractivity contribution >= 4 is 29.3 Å². The minimum atomic E-state index is -0.686. The Bertz CT molecular complexity index is 734. The number of anilines is 1. The molecule has 0 spiro atoms. The van der Waals surface area contributed by atoms with Gasteiger partial charge in [0.2, 0.25) is 0 Å². The number of carbonyl (C=O) groups excluding carboxylic acids is 2.